The van der Waals surface area contributed by atoms with Crippen LogP contribution < -0.4 is 11.1 Å². The zero-order chi connectivity index (χ0) is 19.1. The Balaban J connectivity index is 2.77. The van der Waals surface area contributed by atoms with E-state index in [2.05, 4.69) is 5.32 Å². The SMILES string of the molecule is CC(C)C(N)CCN(C)C(=O)C(NC(=O)c1ccccc1F)C(C)C. The van der Waals surface area contributed by atoms with Crippen LogP contribution in [-0.2, 0) is 4.79 Å². The van der Waals surface area contributed by atoms with E-state index in [1.165, 1.54) is 18.2 Å². The smallest absolute Gasteiger partial charge is 0.254 e. The van der Waals surface area contributed by atoms with Crippen LogP contribution in [0, 0.1) is 17.7 Å². The first kappa shape index (κ1) is 21.1. The monoisotopic (exact) mass is 351 g/mol. The van der Waals surface area contributed by atoms with Crippen LogP contribution in [0.5, 0.6) is 0 Å². The molecule has 2 amide bonds. The second-order valence-electron chi connectivity index (χ2n) is 7.13. The van der Waals surface area contributed by atoms with Crippen LogP contribution in [0.4, 0.5) is 4.39 Å². The number of amides is 2. The van der Waals surface area contributed by atoms with Gasteiger partial charge in [0.25, 0.3) is 5.91 Å². The van der Waals surface area contributed by atoms with E-state index in [-0.39, 0.29) is 23.4 Å². The fourth-order valence-electron chi connectivity index (χ4n) is 2.40. The van der Waals surface area contributed by atoms with E-state index in [0.717, 1.165) is 0 Å². The third-order valence-electron chi connectivity index (χ3n) is 4.37. The minimum Gasteiger partial charge on any atom is -0.344 e. The van der Waals surface area contributed by atoms with Gasteiger partial charge >= 0.3 is 0 Å². The van der Waals surface area contributed by atoms with Crippen molar-refractivity contribution in [2.45, 2.75) is 46.2 Å². The summed E-state index contributed by atoms with van der Waals surface area (Å²) in [6.45, 7) is 8.28. The molecule has 0 aromatic heterocycles. The van der Waals surface area contributed by atoms with E-state index in [9.17, 15) is 14.0 Å². The van der Waals surface area contributed by atoms with Crippen molar-refractivity contribution in [1.82, 2.24) is 10.2 Å². The van der Waals surface area contributed by atoms with Crippen LogP contribution in [-0.4, -0.2) is 42.4 Å². The molecule has 0 saturated carbocycles. The number of carbonyl (C=O) groups is 2. The zero-order valence-corrected chi connectivity index (χ0v) is 15.8. The van der Waals surface area contributed by atoms with Gasteiger partial charge in [0, 0.05) is 19.6 Å². The summed E-state index contributed by atoms with van der Waals surface area (Å²) in [5.74, 6) is -1.17. The van der Waals surface area contributed by atoms with Gasteiger partial charge in [0.1, 0.15) is 11.9 Å². The van der Waals surface area contributed by atoms with Gasteiger partial charge in [-0.3, -0.25) is 9.59 Å². The molecule has 0 aliphatic carbocycles. The van der Waals surface area contributed by atoms with Crippen LogP contribution in [0.3, 0.4) is 0 Å². The van der Waals surface area contributed by atoms with Crippen molar-refractivity contribution in [1.29, 1.82) is 0 Å². The molecule has 2 unspecified atom stereocenters. The molecule has 1 aromatic carbocycles. The highest BCUT2D eigenvalue weighted by molar-refractivity contribution is 5.97. The summed E-state index contributed by atoms with van der Waals surface area (Å²) in [5, 5.41) is 2.66. The standard InChI is InChI=1S/C19H30FN3O2/c1-12(2)16(21)10-11-23(5)19(25)17(13(3)4)22-18(24)14-8-6-7-9-15(14)20/h6-9,12-13,16-17H,10-11,21H2,1-5H3,(H,22,24). The summed E-state index contributed by atoms with van der Waals surface area (Å²) >= 11 is 0. The molecule has 1 rings (SSSR count). The van der Waals surface area contributed by atoms with Crippen molar-refractivity contribution in [3.63, 3.8) is 0 Å². The Kier molecular flexibility index (Phi) is 8.03. The molecule has 3 N–H and O–H groups in total. The highest BCUT2D eigenvalue weighted by atomic mass is 19.1. The van der Waals surface area contributed by atoms with Gasteiger partial charge in [0.05, 0.1) is 5.56 Å². The van der Waals surface area contributed by atoms with Gasteiger partial charge in [0.2, 0.25) is 5.91 Å². The Bertz CT molecular complexity index is 590. The van der Waals surface area contributed by atoms with E-state index in [1.54, 1.807) is 18.0 Å². The fraction of sp³-hybridized carbons (Fsp3) is 0.579. The topological polar surface area (TPSA) is 75.4 Å². The van der Waals surface area contributed by atoms with E-state index in [0.29, 0.717) is 18.9 Å². The van der Waals surface area contributed by atoms with E-state index < -0.39 is 17.8 Å². The first-order valence-electron chi connectivity index (χ1n) is 8.71. The first-order chi connectivity index (χ1) is 11.6. The fourth-order valence-corrected chi connectivity index (χ4v) is 2.40. The molecule has 0 radical (unpaired) electrons. The number of benzene rings is 1. The van der Waals surface area contributed by atoms with Crippen LogP contribution in [0.1, 0.15) is 44.5 Å². The number of likely N-dealkylation sites (N-methyl/N-ethyl adjacent to an activating group) is 1. The predicted octanol–water partition coefficient (Wildman–Crippen LogP) is 2.41. The molecule has 140 valence electrons. The molecule has 0 heterocycles. The van der Waals surface area contributed by atoms with Gasteiger partial charge < -0.3 is 16.0 Å². The molecule has 0 fully saturated rings. The molecule has 1 aromatic rings. The van der Waals surface area contributed by atoms with Crippen LogP contribution >= 0.6 is 0 Å². The lowest BCUT2D eigenvalue weighted by Gasteiger charge is -2.28. The minimum atomic E-state index is -0.715. The Morgan fingerprint density at radius 3 is 2.28 bits per heavy atom. The number of rotatable bonds is 8. The first-order valence-corrected chi connectivity index (χ1v) is 8.71. The summed E-state index contributed by atoms with van der Waals surface area (Å²) in [6.07, 6.45) is 0.686. The second kappa shape index (κ2) is 9.51. The number of nitrogens with two attached hydrogens (primary N) is 1. The highest BCUT2D eigenvalue weighted by Gasteiger charge is 2.28. The van der Waals surface area contributed by atoms with Crippen LogP contribution in [0.25, 0.3) is 0 Å². The second-order valence-corrected chi connectivity index (χ2v) is 7.13. The van der Waals surface area contributed by atoms with Crippen molar-refractivity contribution in [2.24, 2.45) is 17.6 Å². The zero-order valence-electron chi connectivity index (χ0n) is 15.8. The molecular formula is C19H30FN3O2. The highest BCUT2D eigenvalue weighted by Crippen LogP contribution is 2.11. The summed E-state index contributed by atoms with van der Waals surface area (Å²) in [7, 11) is 1.69. The molecule has 5 nitrogen and oxygen atoms in total. The summed E-state index contributed by atoms with van der Waals surface area (Å²) in [4.78, 5) is 26.6. The van der Waals surface area contributed by atoms with Gasteiger partial charge in [0.15, 0.2) is 0 Å². The van der Waals surface area contributed by atoms with Gasteiger partial charge in [-0.05, 0) is 30.4 Å². The summed E-state index contributed by atoms with van der Waals surface area (Å²) < 4.78 is 13.8. The molecule has 2 atom stereocenters. The summed E-state index contributed by atoms with van der Waals surface area (Å²) in [5.41, 5.74) is 5.96. The van der Waals surface area contributed by atoms with Crippen molar-refractivity contribution in [3.05, 3.63) is 35.6 Å². The maximum Gasteiger partial charge on any atom is 0.254 e. The lowest BCUT2D eigenvalue weighted by Crippen LogP contribution is -2.51. The van der Waals surface area contributed by atoms with Gasteiger partial charge in [-0.25, -0.2) is 4.39 Å². The average molecular weight is 351 g/mol. The lowest BCUT2D eigenvalue weighted by molar-refractivity contribution is -0.133. The average Bonchev–Trinajstić information content (AvgIpc) is 2.56. The molecular weight excluding hydrogens is 321 g/mol. The normalized spacial score (nSPS) is 13.6. The molecule has 25 heavy (non-hydrogen) atoms. The van der Waals surface area contributed by atoms with Gasteiger partial charge in [-0.15, -0.1) is 0 Å². The largest absolute Gasteiger partial charge is 0.344 e. The third-order valence-corrected chi connectivity index (χ3v) is 4.37. The third kappa shape index (κ3) is 6.12. The summed E-state index contributed by atoms with van der Waals surface area (Å²) in [6, 6.07) is 5.03. The number of halogens is 1. The maximum atomic E-state index is 13.8. The van der Waals surface area contributed by atoms with E-state index in [4.69, 9.17) is 5.73 Å². The van der Waals surface area contributed by atoms with Crippen molar-refractivity contribution in [2.75, 3.05) is 13.6 Å². The van der Waals surface area contributed by atoms with Gasteiger partial charge in [-0.1, -0.05) is 39.8 Å². The van der Waals surface area contributed by atoms with Crippen molar-refractivity contribution >= 4 is 11.8 Å². The number of nitrogens with zero attached hydrogens (tertiary/aromatic N) is 1. The van der Waals surface area contributed by atoms with Gasteiger partial charge in [-0.2, -0.15) is 0 Å². The van der Waals surface area contributed by atoms with E-state index >= 15 is 0 Å². The van der Waals surface area contributed by atoms with Crippen LogP contribution in [0.2, 0.25) is 0 Å². The Morgan fingerprint density at radius 2 is 1.76 bits per heavy atom. The predicted molar refractivity (Wildman–Crippen MR) is 97.6 cm³/mol. The molecule has 0 bridgehead atoms. The van der Waals surface area contributed by atoms with Crippen molar-refractivity contribution < 1.29 is 14.0 Å². The van der Waals surface area contributed by atoms with E-state index in [1.807, 2.05) is 27.7 Å². The molecule has 0 spiro atoms. The Hall–Kier alpha value is -1.95. The minimum absolute atomic E-state index is 0.0146. The number of hydrogen-bond donors (Lipinski definition) is 2. The Morgan fingerprint density at radius 1 is 1.16 bits per heavy atom. The van der Waals surface area contributed by atoms with Crippen LogP contribution in [0.15, 0.2) is 24.3 Å². The molecule has 0 saturated heterocycles. The van der Waals surface area contributed by atoms with Crippen molar-refractivity contribution in [3.8, 4) is 0 Å². The lowest BCUT2D eigenvalue weighted by atomic mass is 10.00. The Labute approximate surface area is 149 Å². The number of nitrogens with one attached hydrogen (secondary N) is 1. The molecule has 0 aliphatic heterocycles. The maximum absolute atomic E-state index is 13.8. The number of carbonyl (C=O) groups excluding carboxylic acids is 2. The quantitative estimate of drug-likeness (QED) is 0.755. The number of hydrogen-bond acceptors (Lipinski definition) is 3. The molecule has 0 aliphatic rings. The molecule has 6 heteroatoms.